The fraction of sp³-hybridized carbons (Fsp3) is 0.500. The Kier molecular flexibility index (Phi) is 18.1. The quantitative estimate of drug-likeness (QED) is 0.695. The molecule has 0 fully saturated rings. The summed E-state index contributed by atoms with van der Waals surface area (Å²) in [6.45, 7) is 12.6. The van der Waals surface area contributed by atoms with Crippen LogP contribution < -0.4 is 0 Å². The minimum atomic E-state index is -0.151. The van der Waals surface area contributed by atoms with Crippen LogP contribution in [0.3, 0.4) is 0 Å². The molecule has 2 aromatic carbocycles. The van der Waals surface area contributed by atoms with Gasteiger partial charge in [0.15, 0.2) is 0 Å². The predicted octanol–water partition coefficient (Wildman–Crippen LogP) is 5.38. The lowest BCUT2D eigenvalue weighted by molar-refractivity contribution is 0.215. The van der Waals surface area contributed by atoms with Crippen LogP contribution in [0.25, 0.3) is 0 Å². The predicted molar refractivity (Wildman–Crippen MR) is 121 cm³/mol. The van der Waals surface area contributed by atoms with E-state index in [4.69, 9.17) is 0 Å². The van der Waals surface area contributed by atoms with E-state index in [1.165, 1.54) is 0 Å². The molecule has 0 spiro atoms. The molecule has 2 N–H and O–H groups in total. The summed E-state index contributed by atoms with van der Waals surface area (Å²) in [5.41, 5.74) is 2.10. The number of phenolic OH excluding ortho intramolecular Hbond substituents is 2. The Bertz CT molecular complexity index is 529. The summed E-state index contributed by atoms with van der Waals surface area (Å²) in [6, 6.07) is 14.4. The van der Waals surface area contributed by atoms with Crippen LogP contribution in [0.2, 0.25) is 0 Å². The number of ether oxygens (including phenoxy) is 3. The second kappa shape index (κ2) is 18.0. The monoisotopic (exact) mass is 408 g/mol. The minimum absolute atomic E-state index is 0.151. The Morgan fingerprint density at radius 2 is 0.793 bits per heavy atom. The van der Waals surface area contributed by atoms with Gasteiger partial charge in [-0.25, -0.2) is 0 Å². The number of hydrogen-bond acceptors (Lipinski definition) is 5. The van der Waals surface area contributed by atoms with Crippen molar-refractivity contribution in [1.29, 1.82) is 0 Å². The van der Waals surface area contributed by atoms with Crippen molar-refractivity contribution in [2.75, 3.05) is 41.2 Å². The van der Waals surface area contributed by atoms with E-state index >= 15 is 0 Å². The first-order valence-corrected chi connectivity index (χ1v) is 9.80. The van der Waals surface area contributed by atoms with Crippen LogP contribution in [-0.4, -0.2) is 51.4 Å². The Morgan fingerprint density at radius 3 is 0.966 bits per heavy atom. The highest BCUT2D eigenvalue weighted by atomic mass is 16.5. The maximum Gasteiger partial charge on any atom is 0.115 e. The third kappa shape index (κ3) is 13.7. The molecular formula is C24H40O5. The number of rotatable bonds is 5. The molecular weight excluding hydrogens is 368 g/mol. The zero-order chi connectivity index (χ0) is 22.7. The van der Waals surface area contributed by atoms with Gasteiger partial charge in [0.2, 0.25) is 0 Å². The Hall–Kier alpha value is -2.08. The molecule has 0 atom stereocenters. The first-order chi connectivity index (χ1) is 13.7. The van der Waals surface area contributed by atoms with Crippen molar-refractivity contribution < 1.29 is 24.4 Å². The molecule has 0 saturated carbocycles. The molecule has 2 rings (SSSR count). The van der Waals surface area contributed by atoms with E-state index in [1.807, 2.05) is 45.0 Å². The smallest absolute Gasteiger partial charge is 0.115 e. The SMILES string of the molecule is CC(C)(c1ccc(O)cc1)c1ccc(O)cc1.CCOC.CCOC.CCOC. The topological polar surface area (TPSA) is 68.2 Å². The van der Waals surface area contributed by atoms with Crippen LogP contribution in [0.4, 0.5) is 0 Å². The van der Waals surface area contributed by atoms with Gasteiger partial charge in [-0.1, -0.05) is 38.1 Å². The second-order valence-electron chi connectivity index (χ2n) is 6.45. The minimum Gasteiger partial charge on any atom is -0.508 e. The van der Waals surface area contributed by atoms with Crippen LogP contribution in [0.15, 0.2) is 48.5 Å². The van der Waals surface area contributed by atoms with E-state index in [-0.39, 0.29) is 16.9 Å². The Morgan fingerprint density at radius 1 is 0.586 bits per heavy atom. The summed E-state index contributed by atoms with van der Waals surface area (Å²) in [5.74, 6) is 0.547. The molecule has 0 aliphatic rings. The fourth-order valence-corrected chi connectivity index (χ4v) is 1.92. The van der Waals surface area contributed by atoms with Gasteiger partial charge in [-0.15, -0.1) is 0 Å². The standard InChI is InChI=1S/C15H16O2.3C3H8O/c1-15(2,11-3-7-13(16)8-4-11)12-5-9-14(17)10-6-12;3*1-3-4-2/h3-10,16-17H,1-2H3;3*3H2,1-2H3. The fourth-order valence-electron chi connectivity index (χ4n) is 1.92. The second-order valence-corrected chi connectivity index (χ2v) is 6.45. The van der Waals surface area contributed by atoms with E-state index < -0.39 is 0 Å². The molecule has 0 unspecified atom stereocenters. The molecule has 0 aliphatic carbocycles. The summed E-state index contributed by atoms with van der Waals surface area (Å²) in [6.07, 6.45) is 0. The van der Waals surface area contributed by atoms with Gasteiger partial charge in [-0.05, 0) is 56.2 Å². The van der Waals surface area contributed by atoms with E-state index in [0.717, 1.165) is 30.9 Å². The number of methoxy groups -OCH3 is 3. The van der Waals surface area contributed by atoms with Crippen molar-refractivity contribution in [2.45, 2.75) is 40.0 Å². The van der Waals surface area contributed by atoms with Gasteiger partial charge in [-0.2, -0.15) is 0 Å². The Labute approximate surface area is 177 Å². The van der Waals surface area contributed by atoms with Crippen LogP contribution in [-0.2, 0) is 19.6 Å². The van der Waals surface area contributed by atoms with Gasteiger partial charge in [0.25, 0.3) is 0 Å². The summed E-state index contributed by atoms with van der Waals surface area (Å²) < 4.78 is 13.6. The highest BCUT2D eigenvalue weighted by molar-refractivity contribution is 5.41. The lowest BCUT2D eigenvalue weighted by atomic mass is 9.78. The molecule has 5 heteroatoms. The Balaban J connectivity index is 0. The summed E-state index contributed by atoms with van der Waals surface area (Å²) in [4.78, 5) is 0. The van der Waals surface area contributed by atoms with Crippen LogP contribution in [0.1, 0.15) is 45.7 Å². The van der Waals surface area contributed by atoms with Gasteiger partial charge in [0, 0.05) is 46.6 Å². The summed E-state index contributed by atoms with van der Waals surface area (Å²) in [7, 11) is 5.04. The van der Waals surface area contributed by atoms with Crippen molar-refractivity contribution >= 4 is 0 Å². The molecule has 5 nitrogen and oxygen atoms in total. The summed E-state index contributed by atoms with van der Waals surface area (Å²) in [5, 5.41) is 18.6. The lowest BCUT2D eigenvalue weighted by Gasteiger charge is -2.26. The van der Waals surface area contributed by atoms with Gasteiger partial charge >= 0.3 is 0 Å². The van der Waals surface area contributed by atoms with Gasteiger partial charge in [0.05, 0.1) is 0 Å². The third-order valence-electron chi connectivity index (χ3n) is 4.04. The maximum atomic E-state index is 9.30. The first-order valence-electron chi connectivity index (χ1n) is 9.80. The van der Waals surface area contributed by atoms with Crippen molar-refractivity contribution in [3.63, 3.8) is 0 Å². The number of benzene rings is 2. The molecule has 0 aromatic heterocycles. The first kappa shape index (κ1) is 29.1. The summed E-state index contributed by atoms with van der Waals surface area (Å²) >= 11 is 0. The van der Waals surface area contributed by atoms with E-state index in [9.17, 15) is 10.2 Å². The van der Waals surface area contributed by atoms with Gasteiger partial charge < -0.3 is 24.4 Å². The zero-order valence-corrected chi connectivity index (χ0v) is 19.4. The largest absolute Gasteiger partial charge is 0.508 e. The normalized spacial score (nSPS) is 9.79. The highest BCUT2D eigenvalue weighted by Crippen LogP contribution is 2.32. The molecule has 2 aromatic rings. The highest BCUT2D eigenvalue weighted by Gasteiger charge is 2.22. The van der Waals surface area contributed by atoms with Crippen molar-refractivity contribution in [3.8, 4) is 11.5 Å². The molecule has 0 heterocycles. The van der Waals surface area contributed by atoms with Crippen LogP contribution in [0, 0.1) is 0 Å². The average molecular weight is 409 g/mol. The molecule has 0 aliphatic heterocycles. The number of aromatic hydroxyl groups is 2. The van der Waals surface area contributed by atoms with E-state index in [0.29, 0.717) is 0 Å². The van der Waals surface area contributed by atoms with Gasteiger partial charge in [-0.3, -0.25) is 0 Å². The van der Waals surface area contributed by atoms with E-state index in [1.54, 1.807) is 45.6 Å². The maximum absolute atomic E-state index is 9.30. The molecule has 0 bridgehead atoms. The van der Waals surface area contributed by atoms with Crippen LogP contribution in [0.5, 0.6) is 11.5 Å². The molecule has 29 heavy (non-hydrogen) atoms. The van der Waals surface area contributed by atoms with Crippen molar-refractivity contribution in [3.05, 3.63) is 59.7 Å². The van der Waals surface area contributed by atoms with E-state index in [2.05, 4.69) is 28.1 Å². The molecule has 0 radical (unpaired) electrons. The average Bonchev–Trinajstić information content (AvgIpc) is 2.75. The zero-order valence-electron chi connectivity index (χ0n) is 19.4. The lowest BCUT2D eigenvalue weighted by Crippen LogP contribution is -2.18. The van der Waals surface area contributed by atoms with Crippen molar-refractivity contribution in [2.24, 2.45) is 0 Å². The molecule has 0 amide bonds. The van der Waals surface area contributed by atoms with Crippen LogP contribution >= 0.6 is 0 Å². The molecule has 0 saturated heterocycles. The van der Waals surface area contributed by atoms with Crippen molar-refractivity contribution in [1.82, 2.24) is 0 Å². The number of phenols is 2. The number of hydrogen-bond donors (Lipinski definition) is 2. The molecule has 166 valence electrons. The third-order valence-corrected chi connectivity index (χ3v) is 4.04. The van der Waals surface area contributed by atoms with Gasteiger partial charge in [0.1, 0.15) is 11.5 Å².